The summed E-state index contributed by atoms with van der Waals surface area (Å²) in [6, 6.07) is 7.34. The zero-order valence-electron chi connectivity index (χ0n) is 18.7. The van der Waals surface area contributed by atoms with Crippen molar-refractivity contribution in [2.75, 3.05) is 26.2 Å². The molecule has 10 heteroatoms. The number of nitrogens with one attached hydrogen (secondary N) is 3. The fraction of sp³-hybridized carbons (Fsp3) is 0.619. The number of benzene rings is 1. The molecular weight excluding hydrogens is 529 g/mol. The van der Waals surface area contributed by atoms with Crippen molar-refractivity contribution in [3.8, 4) is 0 Å². The summed E-state index contributed by atoms with van der Waals surface area (Å²) < 4.78 is 27.2. The van der Waals surface area contributed by atoms with Gasteiger partial charge >= 0.3 is 0 Å². The summed E-state index contributed by atoms with van der Waals surface area (Å²) >= 11 is 0. The van der Waals surface area contributed by atoms with E-state index in [1.165, 1.54) is 0 Å². The SMILES string of the molecule is CCNC(=NCc1ccccc1CS(=O)(=O)NC(C)C)NCCCN1CCCC1=O.I. The van der Waals surface area contributed by atoms with E-state index in [1.54, 1.807) is 0 Å². The number of nitrogens with zero attached hydrogens (tertiary/aromatic N) is 2. The highest BCUT2D eigenvalue weighted by Crippen LogP contribution is 2.14. The fourth-order valence-electron chi connectivity index (χ4n) is 3.38. The van der Waals surface area contributed by atoms with E-state index in [9.17, 15) is 13.2 Å². The molecule has 1 amide bonds. The van der Waals surface area contributed by atoms with E-state index in [0.29, 0.717) is 25.5 Å². The molecule has 0 aliphatic carbocycles. The second-order valence-corrected chi connectivity index (χ2v) is 9.51. The van der Waals surface area contributed by atoms with Crippen LogP contribution in [0.4, 0.5) is 0 Å². The van der Waals surface area contributed by atoms with Gasteiger partial charge in [0.05, 0.1) is 12.3 Å². The molecule has 31 heavy (non-hydrogen) atoms. The van der Waals surface area contributed by atoms with Crippen LogP contribution >= 0.6 is 24.0 Å². The first-order valence-electron chi connectivity index (χ1n) is 10.7. The summed E-state index contributed by atoms with van der Waals surface area (Å²) in [6.07, 6.45) is 2.48. The van der Waals surface area contributed by atoms with Gasteiger partial charge in [-0.25, -0.2) is 18.1 Å². The molecule has 1 heterocycles. The Bertz CT molecular complexity index is 830. The number of amides is 1. The van der Waals surface area contributed by atoms with Gasteiger partial charge < -0.3 is 15.5 Å². The predicted octanol–water partition coefficient (Wildman–Crippen LogP) is 2.20. The summed E-state index contributed by atoms with van der Waals surface area (Å²) in [6.45, 7) is 9.05. The molecule has 1 fully saturated rings. The molecule has 3 N–H and O–H groups in total. The molecule has 1 aliphatic rings. The number of aliphatic imine (C=N–C) groups is 1. The Kier molecular flexibility index (Phi) is 12.4. The number of guanidine groups is 1. The highest BCUT2D eigenvalue weighted by Gasteiger charge is 2.19. The maximum absolute atomic E-state index is 12.3. The van der Waals surface area contributed by atoms with Crippen LogP contribution in [-0.4, -0.2) is 57.4 Å². The Morgan fingerprint density at radius 1 is 1.19 bits per heavy atom. The Hall–Kier alpha value is -1.40. The van der Waals surface area contributed by atoms with Gasteiger partial charge in [0, 0.05) is 38.6 Å². The van der Waals surface area contributed by atoms with Crippen molar-refractivity contribution in [1.29, 1.82) is 0 Å². The smallest absolute Gasteiger partial charge is 0.222 e. The van der Waals surface area contributed by atoms with Crippen molar-refractivity contribution in [3.05, 3.63) is 35.4 Å². The molecule has 1 aliphatic heterocycles. The van der Waals surface area contributed by atoms with Gasteiger partial charge in [0.2, 0.25) is 15.9 Å². The number of hydrogen-bond acceptors (Lipinski definition) is 4. The van der Waals surface area contributed by atoms with Crippen molar-refractivity contribution in [2.24, 2.45) is 4.99 Å². The minimum absolute atomic E-state index is 0. The number of halogens is 1. The second-order valence-electron chi connectivity index (χ2n) is 7.76. The number of rotatable bonds is 11. The van der Waals surface area contributed by atoms with Crippen molar-refractivity contribution >= 4 is 45.9 Å². The van der Waals surface area contributed by atoms with Crippen molar-refractivity contribution in [3.63, 3.8) is 0 Å². The molecule has 0 saturated carbocycles. The molecule has 0 radical (unpaired) electrons. The van der Waals surface area contributed by atoms with E-state index in [2.05, 4.69) is 20.3 Å². The largest absolute Gasteiger partial charge is 0.357 e. The minimum Gasteiger partial charge on any atom is -0.357 e. The molecule has 0 bridgehead atoms. The molecule has 0 spiro atoms. The Morgan fingerprint density at radius 2 is 1.90 bits per heavy atom. The number of sulfonamides is 1. The van der Waals surface area contributed by atoms with Gasteiger partial charge in [0.25, 0.3) is 0 Å². The summed E-state index contributed by atoms with van der Waals surface area (Å²) in [7, 11) is -3.40. The van der Waals surface area contributed by atoms with E-state index in [4.69, 9.17) is 0 Å². The third kappa shape index (κ3) is 10.2. The van der Waals surface area contributed by atoms with Gasteiger partial charge in [-0.05, 0) is 44.7 Å². The lowest BCUT2D eigenvalue weighted by molar-refractivity contribution is -0.127. The number of carbonyl (C=O) groups excluding carboxylic acids is 1. The first kappa shape index (κ1) is 27.6. The average molecular weight is 566 g/mol. The molecule has 1 saturated heterocycles. The average Bonchev–Trinajstić information content (AvgIpc) is 3.07. The van der Waals surface area contributed by atoms with Crippen LogP contribution in [0.3, 0.4) is 0 Å². The van der Waals surface area contributed by atoms with Crippen molar-refractivity contribution < 1.29 is 13.2 Å². The molecule has 0 unspecified atom stereocenters. The molecule has 2 rings (SSSR count). The highest BCUT2D eigenvalue weighted by molar-refractivity contribution is 14.0. The highest BCUT2D eigenvalue weighted by atomic mass is 127. The molecule has 1 aromatic carbocycles. The molecule has 176 valence electrons. The van der Waals surface area contributed by atoms with Crippen LogP contribution in [-0.2, 0) is 27.1 Å². The first-order chi connectivity index (χ1) is 14.3. The third-order valence-electron chi connectivity index (χ3n) is 4.70. The Morgan fingerprint density at radius 3 is 2.52 bits per heavy atom. The maximum atomic E-state index is 12.3. The lowest BCUT2D eigenvalue weighted by Gasteiger charge is -2.16. The lowest BCUT2D eigenvalue weighted by Crippen LogP contribution is -2.39. The third-order valence-corrected chi connectivity index (χ3v) is 6.22. The van der Waals surface area contributed by atoms with Crippen LogP contribution in [0.25, 0.3) is 0 Å². The van der Waals surface area contributed by atoms with E-state index in [-0.39, 0.29) is 41.7 Å². The first-order valence-corrected chi connectivity index (χ1v) is 12.3. The van der Waals surface area contributed by atoms with E-state index < -0.39 is 10.0 Å². The van der Waals surface area contributed by atoms with Crippen LogP contribution in [0.1, 0.15) is 51.2 Å². The van der Waals surface area contributed by atoms with Gasteiger partial charge in [0.15, 0.2) is 5.96 Å². The summed E-state index contributed by atoms with van der Waals surface area (Å²) in [5.74, 6) is 0.863. The lowest BCUT2D eigenvalue weighted by atomic mass is 10.1. The molecule has 0 aromatic heterocycles. The summed E-state index contributed by atoms with van der Waals surface area (Å²) in [4.78, 5) is 18.2. The summed E-state index contributed by atoms with van der Waals surface area (Å²) in [5, 5.41) is 6.51. The van der Waals surface area contributed by atoms with Crippen LogP contribution in [0.2, 0.25) is 0 Å². The standard InChI is InChI=1S/C21H35N5O3S.HI/c1-4-22-21(23-12-8-14-26-13-7-11-20(26)27)24-15-18-9-5-6-10-19(18)16-30(28,29)25-17(2)3;/h5-6,9-10,17,25H,4,7-8,11-16H2,1-3H3,(H2,22,23,24);1H. The Labute approximate surface area is 203 Å². The van der Waals surface area contributed by atoms with Gasteiger partial charge in [0.1, 0.15) is 0 Å². The van der Waals surface area contributed by atoms with E-state index >= 15 is 0 Å². The molecule has 1 aromatic rings. The zero-order chi connectivity index (χ0) is 22.0. The topological polar surface area (TPSA) is 103 Å². The second kappa shape index (κ2) is 13.9. The zero-order valence-corrected chi connectivity index (χ0v) is 21.8. The minimum atomic E-state index is -3.40. The van der Waals surface area contributed by atoms with Crippen LogP contribution in [0, 0.1) is 0 Å². The monoisotopic (exact) mass is 565 g/mol. The predicted molar refractivity (Wildman–Crippen MR) is 136 cm³/mol. The van der Waals surface area contributed by atoms with Crippen molar-refractivity contribution in [2.45, 2.75) is 58.4 Å². The molecule has 8 nitrogen and oxygen atoms in total. The van der Waals surface area contributed by atoms with Crippen LogP contribution in [0.15, 0.2) is 29.3 Å². The number of hydrogen-bond donors (Lipinski definition) is 3. The maximum Gasteiger partial charge on any atom is 0.222 e. The fourth-order valence-corrected chi connectivity index (χ4v) is 4.87. The quantitative estimate of drug-likeness (QED) is 0.165. The number of likely N-dealkylation sites (tertiary alicyclic amines) is 1. The Balaban J connectivity index is 0.00000480. The van der Waals surface area contributed by atoms with Gasteiger partial charge in [-0.3, -0.25) is 4.79 Å². The normalized spacial score (nSPS) is 14.6. The number of carbonyl (C=O) groups is 1. The van der Waals surface area contributed by atoms with Crippen LogP contribution in [0.5, 0.6) is 0 Å². The van der Waals surface area contributed by atoms with Gasteiger partial charge in [-0.1, -0.05) is 24.3 Å². The van der Waals surface area contributed by atoms with Gasteiger partial charge in [-0.15, -0.1) is 24.0 Å². The summed E-state index contributed by atoms with van der Waals surface area (Å²) in [5.41, 5.74) is 1.63. The van der Waals surface area contributed by atoms with Gasteiger partial charge in [-0.2, -0.15) is 0 Å². The molecule has 0 atom stereocenters. The van der Waals surface area contributed by atoms with Crippen molar-refractivity contribution in [1.82, 2.24) is 20.3 Å². The molecular formula is C21H36IN5O3S. The van der Waals surface area contributed by atoms with E-state index in [0.717, 1.165) is 43.6 Å². The van der Waals surface area contributed by atoms with E-state index in [1.807, 2.05) is 49.9 Å². The van der Waals surface area contributed by atoms with Crippen LogP contribution < -0.4 is 15.4 Å².